The molecule has 1 fully saturated rings. The van der Waals surface area contributed by atoms with Gasteiger partial charge in [0.15, 0.2) is 0 Å². The summed E-state index contributed by atoms with van der Waals surface area (Å²) < 4.78 is 5.40. The van der Waals surface area contributed by atoms with Gasteiger partial charge < -0.3 is 9.42 Å². The van der Waals surface area contributed by atoms with Crippen molar-refractivity contribution in [3.05, 3.63) is 76.0 Å². The first-order valence-corrected chi connectivity index (χ1v) is 10.8. The summed E-state index contributed by atoms with van der Waals surface area (Å²) in [6, 6.07) is 16.5. The zero-order chi connectivity index (χ0) is 20.7. The number of rotatable bonds is 3. The Kier molecular flexibility index (Phi) is 5.09. The van der Waals surface area contributed by atoms with Crippen LogP contribution in [0.25, 0.3) is 11.3 Å². The zero-order valence-electron chi connectivity index (χ0n) is 17.0. The van der Waals surface area contributed by atoms with Gasteiger partial charge in [0.2, 0.25) is 0 Å². The maximum Gasteiger partial charge on any atom is 0.259 e. The fourth-order valence-electron chi connectivity index (χ4n) is 4.67. The number of aromatic nitrogens is 1. The summed E-state index contributed by atoms with van der Waals surface area (Å²) >= 11 is 6.36. The third-order valence-electron chi connectivity index (χ3n) is 6.33. The van der Waals surface area contributed by atoms with E-state index in [0.717, 1.165) is 44.6 Å². The van der Waals surface area contributed by atoms with Gasteiger partial charge in [0.05, 0.1) is 5.02 Å². The fourth-order valence-corrected chi connectivity index (χ4v) is 4.90. The molecule has 0 aliphatic carbocycles. The Bertz CT molecular complexity index is 1090. The summed E-state index contributed by atoms with van der Waals surface area (Å²) in [4.78, 5) is 17.9. The normalized spacial score (nSPS) is 19.1. The van der Waals surface area contributed by atoms with Crippen LogP contribution in [-0.2, 0) is 13.0 Å². The number of carbonyl (C=O) groups is 1. The molecular weight excluding hydrogens is 398 g/mol. The molecule has 2 aromatic carbocycles. The van der Waals surface area contributed by atoms with E-state index in [9.17, 15) is 4.79 Å². The second-order valence-corrected chi connectivity index (χ2v) is 8.53. The van der Waals surface area contributed by atoms with E-state index in [4.69, 9.17) is 16.1 Å². The average Bonchev–Trinajstić information content (AvgIpc) is 3.41. The number of benzene rings is 2. The highest BCUT2D eigenvalue weighted by atomic mass is 35.5. The fraction of sp³-hybridized carbons (Fsp3) is 0.333. The molecular formula is C24H24ClN3O2. The van der Waals surface area contributed by atoms with Crippen molar-refractivity contribution in [2.24, 2.45) is 0 Å². The number of aryl methyl sites for hydroxylation is 1. The first kappa shape index (κ1) is 19.3. The molecule has 1 aromatic heterocycles. The number of halogens is 1. The van der Waals surface area contributed by atoms with Crippen LogP contribution in [0.4, 0.5) is 0 Å². The van der Waals surface area contributed by atoms with Gasteiger partial charge in [0, 0.05) is 37.8 Å². The van der Waals surface area contributed by atoms with Crippen molar-refractivity contribution in [3.8, 4) is 11.3 Å². The molecule has 0 radical (unpaired) electrons. The van der Waals surface area contributed by atoms with E-state index in [1.54, 1.807) is 13.0 Å². The molecule has 3 aromatic rings. The summed E-state index contributed by atoms with van der Waals surface area (Å²) in [5.74, 6) is 0.508. The van der Waals surface area contributed by atoms with Crippen LogP contribution < -0.4 is 0 Å². The predicted octanol–water partition coefficient (Wildman–Crippen LogP) is 4.58. The van der Waals surface area contributed by atoms with Crippen molar-refractivity contribution in [1.82, 2.24) is 15.0 Å². The molecule has 2 aliphatic heterocycles. The van der Waals surface area contributed by atoms with E-state index < -0.39 is 0 Å². The number of carbonyl (C=O) groups excluding carboxylic acids is 1. The largest absolute Gasteiger partial charge is 0.360 e. The topological polar surface area (TPSA) is 49.6 Å². The van der Waals surface area contributed by atoms with E-state index in [1.165, 1.54) is 11.1 Å². The minimum atomic E-state index is -0.0245. The number of hydrogen-bond acceptors (Lipinski definition) is 4. The monoisotopic (exact) mass is 421 g/mol. The minimum Gasteiger partial charge on any atom is -0.360 e. The summed E-state index contributed by atoms with van der Waals surface area (Å²) in [7, 11) is 0. The summed E-state index contributed by atoms with van der Waals surface area (Å²) in [5.41, 5.74) is 4.63. The van der Waals surface area contributed by atoms with Crippen LogP contribution >= 0.6 is 11.6 Å². The molecule has 1 unspecified atom stereocenters. The lowest BCUT2D eigenvalue weighted by molar-refractivity contribution is 0.0772. The minimum absolute atomic E-state index is 0.0245. The van der Waals surface area contributed by atoms with Crippen LogP contribution in [0.15, 0.2) is 53.1 Å². The molecule has 5 nitrogen and oxygen atoms in total. The molecule has 6 heteroatoms. The first-order chi connectivity index (χ1) is 14.6. The van der Waals surface area contributed by atoms with Crippen molar-refractivity contribution >= 4 is 17.5 Å². The Hall–Kier alpha value is -2.63. The number of nitrogens with zero attached hydrogens (tertiary/aromatic N) is 3. The van der Waals surface area contributed by atoms with Crippen LogP contribution in [0, 0.1) is 6.92 Å². The Balaban J connectivity index is 1.34. The maximum atomic E-state index is 13.4. The molecule has 3 heterocycles. The summed E-state index contributed by atoms with van der Waals surface area (Å²) in [6.45, 7) is 5.26. The highest BCUT2D eigenvalue weighted by Crippen LogP contribution is 2.33. The lowest BCUT2D eigenvalue weighted by atomic mass is 9.98. The van der Waals surface area contributed by atoms with E-state index in [1.807, 2.05) is 23.1 Å². The van der Waals surface area contributed by atoms with Gasteiger partial charge in [-0.15, -0.1) is 0 Å². The molecule has 0 N–H and O–H groups in total. The molecule has 5 rings (SSSR count). The molecule has 1 amide bonds. The summed E-state index contributed by atoms with van der Waals surface area (Å²) in [5, 5.41) is 4.72. The van der Waals surface area contributed by atoms with E-state index in [0.29, 0.717) is 28.1 Å². The Morgan fingerprint density at radius 1 is 1.10 bits per heavy atom. The van der Waals surface area contributed by atoms with Gasteiger partial charge in [-0.2, -0.15) is 0 Å². The van der Waals surface area contributed by atoms with Crippen molar-refractivity contribution in [1.29, 1.82) is 0 Å². The standard InChI is InChI=1S/C24H24ClN3O2/c1-16-22(23(26-30-16)20-8-4-5-9-21(20)25)24(29)28-13-11-19(15-28)27-12-10-17-6-2-3-7-18(17)14-27/h2-9,19H,10-15H2,1H3. The van der Waals surface area contributed by atoms with E-state index >= 15 is 0 Å². The van der Waals surface area contributed by atoms with Gasteiger partial charge in [0.1, 0.15) is 17.0 Å². The zero-order valence-corrected chi connectivity index (χ0v) is 17.7. The Morgan fingerprint density at radius 3 is 2.70 bits per heavy atom. The Morgan fingerprint density at radius 2 is 1.87 bits per heavy atom. The number of amides is 1. The van der Waals surface area contributed by atoms with E-state index in [2.05, 4.69) is 34.3 Å². The van der Waals surface area contributed by atoms with Crippen molar-refractivity contribution in [2.75, 3.05) is 19.6 Å². The van der Waals surface area contributed by atoms with Crippen LogP contribution in [0.3, 0.4) is 0 Å². The molecule has 0 spiro atoms. The first-order valence-electron chi connectivity index (χ1n) is 10.4. The lowest BCUT2D eigenvalue weighted by Crippen LogP contribution is -2.41. The number of fused-ring (bicyclic) bond motifs is 1. The smallest absolute Gasteiger partial charge is 0.259 e. The third kappa shape index (κ3) is 3.42. The van der Waals surface area contributed by atoms with Gasteiger partial charge in [-0.1, -0.05) is 59.2 Å². The quantitative estimate of drug-likeness (QED) is 0.621. The SMILES string of the molecule is Cc1onc(-c2ccccc2Cl)c1C(=O)N1CCC(N2CCc3ccccc3C2)C1. The van der Waals surface area contributed by atoms with Crippen LogP contribution in [0.1, 0.15) is 33.7 Å². The van der Waals surface area contributed by atoms with Crippen LogP contribution in [-0.4, -0.2) is 46.5 Å². The number of likely N-dealkylation sites (tertiary alicyclic amines) is 1. The molecule has 0 bridgehead atoms. The number of hydrogen-bond donors (Lipinski definition) is 0. The second-order valence-electron chi connectivity index (χ2n) is 8.13. The second kappa shape index (κ2) is 7.89. The van der Waals surface area contributed by atoms with Crippen LogP contribution in [0.5, 0.6) is 0 Å². The van der Waals surface area contributed by atoms with Gasteiger partial charge in [-0.05, 0) is 37.0 Å². The summed E-state index contributed by atoms with van der Waals surface area (Å²) in [6.07, 6.45) is 2.06. The van der Waals surface area contributed by atoms with Crippen molar-refractivity contribution < 1.29 is 9.32 Å². The predicted molar refractivity (Wildman–Crippen MR) is 117 cm³/mol. The van der Waals surface area contributed by atoms with Crippen molar-refractivity contribution in [2.45, 2.75) is 32.4 Å². The van der Waals surface area contributed by atoms with Gasteiger partial charge in [0.25, 0.3) is 5.91 Å². The highest BCUT2D eigenvalue weighted by Gasteiger charge is 2.35. The van der Waals surface area contributed by atoms with Crippen LogP contribution in [0.2, 0.25) is 5.02 Å². The van der Waals surface area contributed by atoms with Gasteiger partial charge in [-0.25, -0.2) is 0 Å². The van der Waals surface area contributed by atoms with Gasteiger partial charge in [-0.3, -0.25) is 9.69 Å². The highest BCUT2D eigenvalue weighted by molar-refractivity contribution is 6.33. The molecule has 2 aliphatic rings. The molecule has 1 saturated heterocycles. The Labute approximate surface area is 181 Å². The average molecular weight is 422 g/mol. The molecule has 0 saturated carbocycles. The molecule has 154 valence electrons. The lowest BCUT2D eigenvalue weighted by Gasteiger charge is -2.33. The van der Waals surface area contributed by atoms with Crippen molar-refractivity contribution in [3.63, 3.8) is 0 Å². The maximum absolute atomic E-state index is 13.4. The van der Waals surface area contributed by atoms with E-state index in [-0.39, 0.29) is 5.91 Å². The molecule has 1 atom stereocenters. The molecule has 30 heavy (non-hydrogen) atoms. The van der Waals surface area contributed by atoms with Gasteiger partial charge >= 0.3 is 0 Å². The third-order valence-corrected chi connectivity index (χ3v) is 6.66.